The lowest BCUT2D eigenvalue weighted by Crippen LogP contribution is -2.55. The van der Waals surface area contributed by atoms with Gasteiger partial charge in [-0.15, -0.1) is 5.92 Å². The highest BCUT2D eigenvalue weighted by Crippen LogP contribution is 2.37. The summed E-state index contributed by atoms with van der Waals surface area (Å²) in [6.45, 7) is 4.06. The Hall–Kier alpha value is -1.95. The van der Waals surface area contributed by atoms with Crippen LogP contribution in [0.15, 0.2) is 36.4 Å². The first-order valence-electron chi connectivity index (χ1n) is 11.6. The van der Waals surface area contributed by atoms with E-state index in [0.717, 1.165) is 23.1 Å². The minimum absolute atomic E-state index is 0.311. The van der Waals surface area contributed by atoms with Gasteiger partial charge in [0.05, 0.1) is 13.2 Å². The number of aliphatic hydroxyl groups excluding tert-OH is 4. The van der Waals surface area contributed by atoms with Crippen molar-refractivity contribution in [3.05, 3.63) is 69.2 Å². The van der Waals surface area contributed by atoms with E-state index in [0.29, 0.717) is 36.6 Å². The van der Waals surface area contributed by atoms with Crippen molar-refractivity contribution in [3.8, 4) is 11.8 Å². The number of hydrogen-bond donors (Lipinski definition) is 4. The molecule has 1 heterocycles. The molecule has 2 aromatic carbocycles. The summed E-state index contributed by atoms with van der Waals surface area (Å²) in [7, 11) is 0. The van der Waals surface area contributed by atoms with Crippen LogP contribution in [0.1, 0.15) is 47.8 Å². The van der Waals surface area contributed by atoms with Crippen molar-refractivity contribution in [2.24, 2.45) is 0 Å². The maximum Gasteiger partial charge on any atom is 0.113 e. The molecule has 0 unspecified atom stereocenters. The maximum atomic E-state index is 10.7. The highest BCUT2D eigenvalue weighted by atomic mass is 35.5. The maximum absolute atomic E-state index is 10.7. The Kier molecular flexibility index (Phi) is 9.93. The van der Waals surface area contributed by atoms with Crippen LogP contribution in [-0.2, 0) is 28.7 Å². The van der Waals surface area contributed by atoms with Gasteiger partial charge in [0.2, 0.25) is 0 Å². The number of halogens is 1. The Bertz CT molecular complexity index is 995. The van der Waals surface area contributed by atoms with E-state index < -0.39 is 37.1 Å². The van der Waals surface area contributed by atoms with Crippen LogP contribution in [0.3, 0.4) is 0 Å². The molecule has 34 heavy (non-hydrogen) atoms. The number of ether oxygens (including phenoxy) is 2. The molecular formula is C27H33ClO6. The van der Waals surface area contributed by atoms with E-state index in [4.69, 9.17) is 21.1 Å². The van der Waals surface area contributed by atoms with Gasteiger partial charge in [-0.25, -0.2) is 0 Å². The van der Waals surface area contributed by atoms with Gasteiger partial charge in [0, 0.05) is 5.02 Å². The van der Waals surface area contributed by atoms with Crippen LogP contribution in [0.2, 0.25) is 5.02 Å². The second kappa shape index (κ2) is 12.7. The molecule has 0 bridgehead atoms. The average molecular weight is 489 g/mol. The fraction of sp³-hybridized carbons (Fsp3) is 0.481. The van der Waals surface area contributed by atoms with Gasteiger partial charge in [-0.3, -0.25) is 0 Å². The molecule has 0 saturated carbocycles. The highest BCUT2D eigenvalue weighted by molar-refractivity contribution is 6.31. The van der Waals surface area contributed by atoms with E-state index in [9.17, 15) is 20.4 Å². The number of rotatable bonds is 9. The molecule has 0 spiro atoms. The van der Waals surface area contributed by atoms with Crippen molar-refractivity contribution < 1.29 is 29.9 Å². The summed E-state index contributed by atoms with van der Waals surface area (Å²) in [6.07, 6.45) is -4.16. The first-order chi connectivity index (χ1) is 16.4. The smallest absolute Gasteiger partial charge is 0.113 e. The molecule has 3 rings (SSSR count). The van der Waals surface area contributed by atoms with Crippen molar-refractivity contribution in [2.45, 2.75) is 63.6 Å². The zero-order valence-corrected chi connectivity index (χ0v) is 20.3. The van der Waals surface area contributed by atoms with Gasteiger partial charge in [0.25, 0.3) is 0 Å². The SMILES string of the molecule is CC#CCOCCc1cc(Cl)c(Cc2ccc(CC)cc2)cc1[C@@H]1O[C@H](CO)[C@@H](O)[C@H](O)[C@H]1O. The zero-order valence-electron chi connectivity index (χ0n) is 19.6. The molecule has 1 saturated heterocycles. The second-order valence-corrected chi connectivity index (χ2v) is 8.88. The van der Waals surface area contributed by atoms with Gasteiger partial charge in [-0.1, -0.05) is 54.8 Å². The van der Waals surface area contributed by atoms with Crippen molar-refractivity contribution in [1.82, 2.24) is 0 Å². The summed E-state index contributed by atoms with van der Waals surface area (Å²) < 4.78 is 11.4. The van der Waals surface area contributed by atoms with Crippen molar-refractivity contribution in [3.63, 3.8) is 0 Å². The molecule has 0 aliphatic carbocycles. The van der Waals surface area contributed by atoms with Gasteiger partial charge in [0.15, 0.2) is 0 Å². The predicted molar refractivity (Wildman–Crippen MR) is 131 cm³/mol. The summed E-state index contributed by atoms with van der Waals surface area (Å²) in [4.78, 5) is 0. The Morgan fingerprint density at radius 2 is 1.71 bits per heavy atom. The van der Waals surface area contributed by atoms with Gasteiger partial charge >= 0.3 is 0 Å². The molecule has 2 aromatic rings. The number of aryl methyl sites for hydroxylation is 1. The van der Waals surface area contributed by atoms with E-state index in [1.54, 1.807) is 6.92 Å². The molecule has 1 aliphatic heterocycles. The lowest BCUT2D eigenvalue weighted by molar-refractivity contribution is -0.231. The van der Waals surface area contributed by atoms with Gasteiger partial charge in [-0.05, 0) is 60.1 Å². The molecule has 0 amide bonds. The second-order valence-electron chi connectivity index (χ2n) is 8.47. The molecule has 184 valence electrons. The normalized spacial score (nSPS) is 24.5. The van der Waals surface area contributed by atoms with Crippen LogP contribution in [0.4, 0.5) is 0 Å². The van der Waals surface area contributed by atoms with E-state index in [1.165, 1.54) is 5.56 Å². The van der Waals surface area contributed by atoms with E-state index >= 15 is 0 Å². The summed E-state index contributed by atoms with van der Waals surface area (Å²) in [5, 5.41) is 41.5. The van der Waals surface area contributed by atoms with Crippen molar-refractivity contribution >= 4 is 11.6 Å². The first kappa shape index (κ1) is 26.7. The van der Waals surface area contributed by atoms with Gasteiger partial charge < -0.3 is 29.9 Å². The monoisotopic (exact) mass is 488 g/mol. The predicted octanol–water partition coefficient (Wildman–Crippen LogP) is 2.59. The highest BCUT2D eigenvalue weighted by Gasteiger charge is 2.44. The largest absolute Gasteiger partial charge is 0.394 e. The molecule has 0 radical (unpaired) electrons. The number of hydrogen-bond acceptors (Lipinski definition) is 6. The third-order valence-corrected chi connectivity index (χ3v) is 6.55. The Morgan fingerprint density at radius 3 is 2.35 bits per heavy atom. The summed E-state index contributed by atoms with van der Waals surface area (Å²) in [5.41, 5.74) is 4.63. The van der Waals surface area contributed by atoms with Crippen molar-refractivity contribution in [2.75, 3.05) is 19.8 Å². The average Bonchev–Trinajstić information content (AvgIpc) is 2.85. The fourth-order valence-corrected chi connectivity index (χ4v) is 4.40. The third-order valence-electron chi connectivity index (χ3n) is 6.20. The number of aliphatic hydroxyl groups is 4. The molecule has 5 atom stereocenters. The van der Waals surface area contributed by atoms with Crippen LogP contribution in [0.25, 0.3) is 0 Å². The lowest BCUT2D eigenvalue weighted by atomic mass is 9.87. The number of benzene rings is 2. The van der Waals surface area contributed by atoms with Crippen LogP contribution >= 0.6 is 11.6 Å². The van der Waals surface area contributed by atoms with Gasteiger partial charge in [0.1, 0.15) is 37.1 Å². The summed E-state index contributed by atoms with van der Waals surface area (Å²) >= 11 is 6.66. The molecule has 6 nitrogen and oxygen atoms in total. The minimum atomic E-state index is -1.46. The van der Waals surface area contributed by atoms with Crippen LogP contribution in [0, 0.1) is 11.8 Å². The molecular weight excluding hydrogens is 456 g/mol. The van der Waals surface area contributed by atoms with E-state index in [-0.39, 0.29) is 0 Å². The topological polar surface area (TPSA) is 99.4 Å². The van der Waals surface area contributed by atoms with Crippen molar-refractivity contribution in [1.29, 1.82) is 0 Å². The molecule has 7 heteroatoms. The molecule has 4 N–H and O–H groups in total. The first-order valence-corrected chi connectivity index (χ1v) is 11.9. The summed E-state index contributed by atoms with van der Waals surface area (Å²) in [5.74, 6) is 5.63. The molecule has 1 fully saturated rings. The Labute approximate surface area is 206 Å². The third kappa shape index (κ3) is 6.38. The lowest BCUT2D eigenvalue weighted by Gasteiger charge is -2.41. The standard InChI is InChI=1S/C27H33ClO6/c1-3-5-11-33-12-10-19-15-22(28)20(13-18-8-6-17(4-2)7-9-18)14-21(19)27-26(32)25(31)24(30)23(16-29)34-27/h6-9,14-15,23-27,29-32H,4,10-13,16H2,1-2H3/t23-,24-,25+,26-,27+/m1/s1. The van der Waals surface area contributed by atoms with E-state index in [2.05, 4.69) is 43.0 Å². The molecule has 1 aliphatic rings. The Balaban J connectivity index is 1.94. The quantitative estimate of drug-likeness (QED) is 0.320. The Morgan fingerprint density at radius 1 is 1.00 bits per heavy atom. The summed E-state index contributed by atoms with van der Waals surface area (Å²) in [6, 6.07) is 12.0. The van der Waals surface area contributed by atoms with Crippen LogP contribution in [-0.4, -0.2) is 64.7 Å². The van der Waals surface area contributed by atoms with E-state index in [1.807, 2.05) is 12.1 Å². The molecule has 0 aromatic heterocycles. The minimum Gasteiger partial charge on any atom is -0.394 e. The van der Waals surface area contributed by atoms with Crippen LogP contribution < -0.4 is 0 Å². The van der Waals surface area contributed by atoms with Crippen LogP contribution in [0.5, 0.6) is 0 Å². The van der Waals surface area contributed by atoms with Gasteiger partial charge in [-0.2, -0.15) is 0 Å². The zero-order chi connectivity index (χ0) is 24.7. The fourth-order valence-electron chi connectivity index (χ4n) is 4.14.